The summed E-state index contributed by atoms with van der Waals surface area (Å²) in [5.74, 6) is -2.20. The lowest BCUT2D eigenvalue weighted by Crippen LogP contribution is -2.24. The van der Waals surface area contributed by atoms with Crippen LogP contribution < -0.4 is 4.74 Å². The molecule has 1 aromatic heterocycles. The zero-order valence-electron chi connectivity index (χ0n) is 14.8. The fourth-order valence-corrected chi connectivity index (χ4v) is 3.94. The van der Waals surface area contributed by atoms with Gasteiger partial charge < -0.3 is 9.57 Å². The van der Waals surface area contributed by atoms with E-state index in [1.807, 2.05) is 0 Å². The van der Waals surface area contributed by atoms with Gasteiger partial charge in [-0.1, -0.05) is 5.16 Å². The second-order valence-electron chi connectivity index (χ2n) is 6.82. The smallest absolute Gasteiger partial charge is 0.417 e. The summed E-state index contributed by atoms with van der Waals surface area (Å²) in [7, 11) is -4.39. The molecule has 154 valence electrons. The van der Waals surface area contributed by atoms with E-state index in [1.54, 1.807) is 13.8 Å². The highest BCUT2D eigenvalue weighted by atomic mass is 32.2. The molecule has 0 fully saturated rings. The molecule has 0 bridgehead atoms. The molecule has 0 saturated heterocycles. The molecule has 1 aliphatic heterocycles. The first-order valence-corrected chi connectivity index (χ1v) is 9.40. The van der Waals surface area contributed by atoms with E-state index in [0.717, 1.165) is 0 Å². The van der Waals surface area contributed by atoms with Crippen LogP contribution in [0.4, 0.5) is 22.0 Å². The molecular weight excluding hydrogens is 401 g/mol. The van der Waals surface area contributed by atoms with Crippen molar-refractivity contribution in [1.29, 1.82) is 0 Å². The number of oxime groups is 1. The average Bonchev–Trinajstić information content (AvgIpc) is 2.99. The molecular formula is C14H18F5N3O4S. The molecule has 1 aromatic rings. The Morgan fingerprint density at radius 2 is 1.89 bits per heavy atom. The van der Waals surface area contributed by atoms with Crippen molar-refractivity contribution >= 4 is 14.9 Å². The lowest BCUT2D eigenvalue weighted by molar-refractivity contribution is -0.142. The zero-order valence-corrected chi connectivity index (χ0v) is 15.7. The molecule has 1 aliphatic rings. The molecule has 0 spiro atoms. The zero-order chi connectivity index (χ0) is 20.8. The summed E-state index contributed by atoms with van der Waals surface area (Å²) in [6, 6.07) is -0.789. The Kier molecular flexibility index (Phi) is 5.47. The van der Waals surface area contributed by atoms with Gasteiger partial charge in [-0.3, -0.25) is 0 Å². The molecule has 2 heterocycles. The van der Waals surface area contributed by atoms with Gasteiger partial charge in [-0.15, -0.1) is 0 Å². The summed E-state index contributed by atoms with van der Waals surface area (Å²) in [6.45, 7) is 2.40. The largest absolute Gasteiger partial charge is 0.435 e. The second-order valence-corrected chi connectivity index (χ2v) is 8.81. The van der Waals surface area contributed by atoms with Crippen molar-refractivity contribution in [2.75, 3.05) is 0 Å². The van der Waals surface area contributed by atoms with E-state index in [9.17, 15) is 30.4 Å². The van der Waals surface area contributed by atoms with Crippen LogP contribution in [0.3, 0.4) is 0 Å². The van der Waals surface area contributed by atoms with Crippen LogP contribution in [-0.2, 0) is 26.6 Å². The van der Waals surface area contributed by atoms with Crippen molar-refractivity contribution in [1.82, 2.24) is 9.78 Å². The Morgan fingerprint density at radius 1 is 1.30 bits per heavy atom. The third-order valence-corrected chi connectivity index (χ3v) is 5.19. The first kappa shape index (κ1) is 21.4. The van der Waals surface area contributed by atoms with E-state index < -0.39 is 62.2 Å². The molecule has 0 saturated carbocycles. The lowest BCUT2D eigenvalue weighted by Gasteiger charge is -2.14. The van der Waals surface area contributed by atoms with E-state index in [0.29, 0.717) is 4.68 Å². The Morgan fingerprint density at radius 3 is 2.30 bits per heavy atom. The first-order valence-electron chi connectivity index (χ1n) is 7.75. The number of hydrogen-bond acceptors (Lipinski definition) is 6. The highest BCUT2D eigenvalue weighted by Gasteiger charge is 2.44. The van der Waals surface area contributed by atoms with Crippen LogP contribution in [0.1, 0.15) is 51.4 Å². The molecule has 7 nitrogen and oxygen atoms in total. The Balaban J connectivity index is 2.56. The number of rotatable bonds is 5. The van der Waals surface area contributed by atoms with Gasteiger partial charge in [0, 0.05) is 6.42 Å². The van der Waals surface area contributed by atoms with Gasteiger partial charge in [-0.25, -0.2) is 13.1 Å². The quantitative estimate of drug-likeness (QED) is 0.682. The van der Waals surface area contributed by atoms with Gasteiger partial charge in [0.05, 0.1) is 17.4 Å². The Hall–Kier alpha value is -1.92. The van der Waals surface area contributed by atoms with Crippen LogP contribution in [0, 0.1) is 0 Å². The summed E-state index contributed by atoms with van der Waals surface area (Å²) in [5, 5.41) is 6.21. The maximum absolute atomic E-state index is 13.3. The molecule has 0 aromatic carbocycles. The SMILES string of the molecule is CC(C)n1nc(C(F)(F)F)c(CS(=O)(=O)C2=NOC(C)(C)C2)c1OC(F)F. The maximum Gasteiger partial charge on any atom is 0.435 e. The van der Waals surface area contributed by atoms with Crippen molar-refractivity contribution in [3.8, 4) is 5.88 Å². The van der Waals surface area contributed by atoms with Crippen molar-refractivity contribution in [2.24, 2.45) is 5.16 Å². The average molecular weight is 419 g/mol. The van der Waals surface area contributed by atoms with Crippen LogP contribution in [-0.4, -0.2) is 35.5 Å². The van der Waals surface area contributed by atoms with Crippen LogP contribution in [0.15, 0.2) is 5.16 Å². The van der Waals surface area contributed by atoms with E-state index in [4.69, 9.17) is 4.84 Å². The number of nitrogens with zero attached hydrogens (tertiary/aromatic N) is 3. The van der Waals surface area contributed by atoms with E-state index in [1.165, 1.54) is 13.8 Å². The van der Waals surface area contributed by atoms with E-state index in [-0.39, 0.29) is 6.42 Å². The Bertz CT molecular complexity index is 844. The van der Waals surface area contributed by atoms with Crippen molar-refractivity contribution in [3.05, 3.63) is 11.3 Å². The molecule has 27 heavy (non-hydrogen) atoms. The molecule has 13 heteroatoms. The van der Waals surface area contributed by atoms with Crippen LogP contribution >= 0.6 is 0 Å². The van der Waals surface area contributed by atoms with Crippen LogP contribution in [0.2, 0.25) is 0 Å². The van der Waals surface area contributed by atoms with Gasteiger partial charge in [0.1, 0.15) is 5.60 Å². The predicted molar refractivity (Wildman–Crippen MR) is 84.1 cm³/mol. The molecule has 0 N–H and O–H groups in total. The normalized spacial score (nSPS) is 17.4. The third kappa shape index (κ3) is 4.68. The highest BCUT2D eigenvalue weighted by Crippen LogP contribution is 2.39. The number of sulfone groups is 1. The van der Waals surface area contributed by atoms with Crippen molar-refractivity contribution < 1.29 is 39.9 Å². The highest BCUT2D eigenvalue weighted by molar-refractivity contribution is 8.05. The molecule has 0 radical (unpaired) electrons. The van der Waals surface area contributed by atoms with Gasteiger partial charge in [0.2, 0.25) is 5.88 Å². The van der Waals surface area contributed by atoms with Gasteiger partial charge in [0.15, 0.2) is 20.6 Å². The molecule has 0 amide bonds. The van der Waals surface area contributed by atoms with E-state index >= 15 is 0 Å². The summed E-state index contributed by atoms with van der Waals surface area (Å²) in [5.41, 5.74) is -3.54. The maximum atomic E-state index is 13.3. The summed E-state index contributed by atoms with van der Waals surface area (Å²) in [4.78, 5) is 4.93. The number of ether oxygens (including phenoxy) is 1. The summed E-state index contributed by atoms with van der Waals surface area (Å²) < 4.78 is 95.4. The minimum absolute atomic E-state index is 0.167. The third-order valence-electron chi connectivity index (χ3n) is 3.58. The van der Waals surface area contributed by atoms with Crippen LogP contribution in [0.5, 0.6) is 5.88 Å². The minimum Gasteiger partial charge on any atom is -0.417 e. The predicted octanol–water partition coefficient (Wildman–Crippen LogP) is 3.51. The van der Waals surface area contributed by atoms with Gasteiger partial charge in [0.25, 0.3) is 0 Å². The first-order chi connectivity index (χ1) is 12.1. The van der Waals surface area contributed by atoms with Gasteiger partial charge in [-0.2, -0.15) is 27.1 Å². The molecule has 0 aliphatic carbocycles. The minimum atomic E-state index is -5.07. The summed E-state index contributed by atoms with van der Waals surface area (Å²) >= 11 is 0. The van der Waals surface area contributed by atoms with Crippen molar-refractivity contribution in [3.63, 3.8) is 0 Å². The molecule has 0 unspecified atom stereocenters. The standard InChI is InChI=1S/C14H18F5N3O4S/c1-7(2)22-11(25-12(15)16)8(10(20-22)14(17,18)19)6-27(23,24)9-5-13(3,4)26-21-9/h7,12H,5-6H2,1-4H3. The molecule has 0 atom stereocenters. The Labute approximate surface area is 152 Å². The number of halogens is 5. The van der Waals surface area contributed by atoms with Gasteiger partial charge >= 0.3 is 12.8 Å². The number of aromatic nitrogens is 2. The summed E-state index contributed by atoms with van der Waals surface area (Å²) in [6.07, 6.45) is -5.24. The van der Waals surface area contributed by atoms with Crippen molar-refractivity contribution in [2.45, 2.75) is 64.3 Å². The fraction of sp³-hybridized carbons (Fsp3) is 0.714. The van der Waals surface area contributed by atoms with E-state index in [2.05, 4.69) is 15.0 Å². The fourth-order valence-electron chi connectivity index (χ4n) is 2.41. The lowest BCUT2D eigenvalue weighted by atomic mass is 10.1. The van der Waals surface area contributed by atoms with Gasteiger partial charge in [-0.05, 0) is 27.7 Å². The molecule has 2 rings (SSSR count). The van der Waals surface area contributed by atoms with Crippen LogP contribution in [0.25, 0.3) is 0 Å². The number of hydrogen-bond donors (Lipinski definition) is 0. The second kappa shape index (κ2) is 6.91. The topological polar surface area (TPSA) is 82.8 Å². The number of alkyl halides is 5. The monoisotopic (exact) mass is 419 g/mol.